The Morgan fingerprint density at radius 2 is 1.96 bits per heavy atom. The lowest BCUT2D eigenvalue weighted by molar-refractivity contribution is -0.138. The van der Waals surface area contributed by atoms with Gasteiger partial charge >= 0.3 is 5.97 Å². The van der Waals surface area contributed by atoms with Gasteiger partial charge in [-0.3, -0.25) is 4.79 Å². The highest BCUT2D eigenvalue weighted by Crippen LogP contribution is 2.29. The summed E-state index contributed by atoms with van der Waals surface area (Å²) < 4.78 is 63.3. The van der Waals surface area contributed by atoms with Crippen molar-refractivity contribution in [3.63, 3.8) is 0 Å². The summed E-state index contributed by atoms with van der Waals surface area (Å²) in [6.45, 7) is 1.40. The van der Waals surface area contributed by atoms with Crippen LogP contribution in [0.5, 0.6) is 5.75 Å². The summed E-state index contributed by atoms with van der Waals surface area (Å²) in [6.07, 6.45) is -0.0544. The van der Waals surface area contributed by atoms with E-state index in [0.717, 1.165) is 13.3 Å². The van der Waals surface area contributed by atoms with Gasteiger partial charge in [0.05, 0.1) is 25.3 Å². The van der Waals surface area contributed by atoms with E-state index in [-0.39, 0.29) is 13.0 Å². The van der Waals surface area contributed by atoms with E-state index in [1.54, 1.807) is 0 Å². The van der Waals surface area contributed by atoms with E-state index in [9.17, 15) is 27.2 Å². The van der Waals surface area contributed by atoms with Gasteiger partial charge in [0.15, 0.2) is 17.4 Å². The second kappa shape index (κ2) is 7.54. The summed E-state index contributed by atoms with van der Waals surface area (Å²) in [5, 5.41) is 2.49. The number of alkyl halides is 1. The molecular formula is C16H15F4NO4. The lowest BCUT2D eigenvalue weighted by Gasteiger charge is -2.11. The zero-order valence-electron chi connectivity index (χ0n) is 13.4. The molecule has 0 saturated heterocycles. The van der Waals surface area contributed by atoms with E-state index in [2.05, 4.69) is 10.1 Å². The minimum atomic E-state index is -1.60. The van der Waals surface area contributed by atoms with Crippen LogP contribution in [0.3, 0.4) is 0 Å². The van der Waals surface area contributed by atoms with Crippen LogP contribution in [-0.4, -0.2) is 37.7 Å². The first kappa shape index (κ1) is 18.8. The Morgan fingerprint density at radius 1 is 1.32 bits per heavy atom. The molecule has 2 atom stereocenters. The molecular weight excluding hydrogens is 346 g/mol. The maximum atomic E-state index is 14.2. The van der Waals surface area contributed by atoms with E-state index in [4.69, 9.17) is 4.74 Å². The summed E-state index contributed by atoms with van der Waals surface area (Å²) in [4.78, 5) is 24.4. The van der Waals surface area contributed by atoms with Crippen molar-refractivity contribution in [2.75, 3.05) is 13.7 Å². The Balaban J connectivity index is 2.42. The fourth-order valence-electron chi connectivity index (χ4n) is 2.02. The highest BCUT2D eigenvalue weighted by atomic mass is 19.2. The van der Waals surface area contributed by atoms with Crippen LogP contribution in [0, 0.1) is 17.5 Å². The molecule has 1 aromatic rings. The zero-order chi connectivity index (χ0) is 18.7. The van der Waals surface area contributed by atoms with Crippen LogP contribution in [0.1, 0.15) is 23.7 Å². The number of carbonyl (C=O) groups is 2. The van der Waals surface area contributed by atoms with Gasteiger partial charge in [-0.15, -0.1) is 0 Å². The molecule has 5 nitrogen and oxygen atoms in total. The molecule has 1 aromatic carbocycles. The van der Waals surface area contributed by atoms with Crippen LogP contribution in [0.15, 0.2) is 17.8 Å². The number of halogens is 4. The number of ether oxygens (including phenoxy) is 2. The Hall–Kier alpha value is -2.58. The zero-order valence-corrected chi connectivity index (χ0v) is 13.4. The summed E-state index contributed by atoms with van der Waals surface area (Å²) in [7, 11) is 0.896. The predicted octanol–water partition coefficient (Wildman–Crippen LogP) is 2.44. The van der Waals surface area contributed by atoms with Crippen LogP contribution in [-0.2, 0) is 9.53 Å². The normalized spacial score (nSPS) is 19.4. The number of ketones is 1. The maximum absolute atomic E-state index is 14.2. The van der Waals surface area contributed by atoms with Crippen molar-refractivity contribution >= 4 is 11.8 Å². The smallest absolute Gasteiger partial charge is 0.343 e. The number of benzene rings is 1. The summed E-state index contributed by atoms with van der Waals surface area (Å²) >= 11 is 0. The first-order chi connectivity index (χ1) is 11.8. The van der Waals surface area contributed by atoms with Crippen LogP contribution >= 0.6 is 0 Å². The standard InChI is InChI=1S/C16H15F4NO4/c1-3-25-16(23)8(6-21-11-5-9(11)17)14(22)7-4-10(18)13(20)15(24-2)12(7)19/h4,6,9,11,21H,3,5H2,1-2H3/t9-,11+/m1/s1. The molecule has 2 rings (SSSR count). The van der Waals surface area contributed by atoms with Crippen LogP contribution in [0.25, 0.3) is 0 Å². The number of hydrogen-bond acceptors (Lipinski definition) is 5. The van der Waals surface area contributed by atoms with Gasteiger partial charge in [0.25, 0.3) is 0 Å². The van der Waals surface area contributed by atoms with Crippen molar-refractivity contribution in [1.29, 1.82) is 0 Å². The first-order valence-corrected chi connectivity index (χ1v) is 7.35. The highest BCUT2D eigenvalue weighted by Gasteiger charge is 2.37. The minimum Gasteiger partial charge on any atom is -0.491 e. The molecule has 25 heavy (non-hydrogen) atoms. The van der Waals surface area contributed by atoms with Crippen molar-refractivity contribution < 1.29 is 36.6 Å². The van der Waals surface area contributed by atoms with Gasteiger partial charge in [0.2, 0.25) is 11.6 Å². The van der Waals surface area contributed by atoms with Crippen LogP contribution in [0.2, 0.25) is 0 Å². The van der Waals surface area contributed by atoms with E-state index < -0.39 is 58.3 Å². The van der Waals surface area contributed by atoms with E-state index >= 15 is 0 Å². The molecule has 1 saturated carbocycles. The Bertz CT molecular complexity index is 735. The molecule has 136 valence electrons. The quantitative estimate of drug-likeness (QED) is 0.154. The average Bonchev–Trinajstić information content (AvgIpc) is 3.27. The number of carbonyl (C=O) groups excluding carboxylic acids is 2. The maximum Gasteiger partial charge on any atom is 0.343 e. The molecule has 0 spiro atoms. The first-order valence-electron chi connectivity index (χ1n) is 7.35. The molecule has 0 radical (unpaired) electrons. The van der Waals surface area contributed by atoms with E-state index in [1.165, 1.54) is 6.92 Å². The summed E-state index contributed by atoms with van der Waals surface area (Å²) in [5.41, 5.74) is -1.59. The SMILES string of the molecule is CCOC(=O)C(=CN[C@H]1C[C@H]1F)C(=O)c1cc(F)c(F)c(OC)c1F. The Kier molecular flexibility index (Phi) is 5.66. The largest absolute Gasteiger partial charge is 0.491 e. The third-order valence-electron chi connectivity index (χ3n) is 3.46. The topological polar surface area (TPSA) is 64.6 Å². The van der Waals surface area contributed by atoms with Crippen molar-refractivity contribution in [3.05, 3.63) is 40.9 Å². The molecule has 1 aliphatic carbocycles. The second-order valence-corrected chi connectivity index (χ2v) is 5.20. The van der Waals surface area contributed by atoms with Gasteiger partial charge in [-0.05, 0) is 13.0 Å². The number of hydrogen-bond donors (Lipinski definition) is 1. The van der Waals surface area contributed by atoms with Crippen molar-refractivity contribution in [2.45, 2.75) is 25.6 Å². The lowest BCUT2D eigenvalue weighted by Crippen LogP contribution is -2.22. The average molecular weight is 361 g/mol. The van der Waals surface area contributed by atoms with Crippen LogP contribution in [0.4, 0.5) is 17.6 Å². The van der Waals surface area contributed by atoms with Gasteiger partial charge in [-0.1, -0.05) is 0 Å². The molecule has 1 aliphatic rings. The van der Waals surface area contributed by atoms with Crippen LogP contribution < -0.4 is 10.1 Å². The van der Waals surface area contributed by atoms with Crippen molar-refractivity contribution in [2.24, 2.45) is 0 Å². The Labute approximate surface area is 140 Å². The fourth-order valence-corrected chi connectivity index (χ4v) is 2.02. The number of Topliss-reactive ketones (excluding diaryl/α,β-unsaturated/α-hetero) is 1. The van der Waals surface area contributed by atoms with E-state index in [0.29, 0.717) is 6.07 Å². The lowest BCUT2D eigenvalue weighted by atomic mass is 10.0. The molecule has 0 heterocycles. The van der Waals surface area contributed by atoms with Crippen molar-refractivity contribution in [3.8, 4) is 5.75 Å². The summed E-state index contributed by atoms with van der Waals surface area (Å²) in [5.74, 6) is -8.05. The van der Waals surface area contributed by atoms with Gasteiger partial charge in [0, 0.05) is 12.6 Å². The number of esters is 1. The van der Waals surface area contributed by atoms with Gasteiger partial charge in [0.1, 0.15) is 11.7 Å². The van der Waals surface area contributed by atoms with Gasteiger partial charge < -0.3 is 14.8 Å². The van der Waals surface area contributed by atoms with Gasteiger partial charge in [-0.2, -0.15) is 4.39 Å². The third-order valence-corrected chi connectivity index (χ3v) is 3.46. The number of rotatable bonds is 7. The van der Waals surface area contributed by atoms with E-state index in [1.807, 2.05) is 0 Å². The number of nitrogens with one attached hydrogen (secondary N) is 1. The second-order valence-electron chi connectivity index (χ2n) is 5.20. The fraction of sp³-hybridized carbons (Fsp3) is 0.375. The molecule has 0 aromatic heterocycles. The number of methoxy groups -OCH3 is 1. The molecule has 0 unspecified atom stereocenters. The molecule has 1 fully saturated rings. The molecule has 9 heteroatoms. The van der Waals surface area contributed by atoms with Crippen molar-refractivity contribution in [1.82, 2.24) is 5.32 Å². The van der Waals surface area contributed by atoms with Gasteiger partial charge in [-0.25, -0.2) is 18.0 Å². The predicted molar refractivity (Wildman–Crippen MR) is 78.4 cm³/mol. The minimum absolute atomic E-state index is 0.0812. The monoisotopic (exact) mass is 361 g/mol. The highest BCUT2D eigenvalue weighted by molar-refractivity contribution is 6.24. The summed E-state index contributed by atoms with van der Waals surface area (Å²) in [6, 6.07) is -0.265. The molecule has 0 amide bonds. The third kappa shape index (κ3) is 3.92. The molecule has 0 aliphatic heterocycles. The Morgan fingerprint density at radius 3 is 2.48 bits per heavy atom. The molecule has 1 N–H and O–H groups in total. The molecule has 0 bridgehead atoms.